The molecule has 2 heterocycles. The molecule has 0 saturated carbocycles. The van der Waals surface area contributed by atoms with Crippen molar-refractivity contribution in [2.75, 3.05) is 26.2 Å². The average Bonchev–Trinajstić information content (AvgIpc) is 3.17. The normalized spacial score (nSPS) is 25.4. The van der Waals surface area contributed by atoms with Crippen molar-refractivity contribution in [3.05, 3.63) is 35.9 Å². The van der Waals surface area contributed by atoms with Crippen molar-refractivity contribution in [1.29, 1.82) is 0 Å². The van der Waals surface area contributed by atoms with Crippen LogP contribution in [0.2, 0.25) is 0 Å². The Morgan fingerprint density at radius 2 is 2.05 bits per heavy atom. The average molecular weight is 286 g/mol. The molecule has 21 heavy (non-hydrogen) atoms. The highest BCUT2D eigenvalue weighted by molar-refractivity contribution is 5.76. The Morgan fingerprint density at radius 3 is 2.81 bits per heavy atom. The van der Waals surface area contributed by atoms with Gasteiger partial charge in [-0.05, 0) is 56.2 Å². The Kier molecular flexibility index (Phi) is 4.91. The number of amides is 1. The van der Waals surface area contributed by atoms with Crippen LogP contribution in [0.25, 0.3) is 0 Å². The molecule has 2 aliphatic rings. The van der Waals surface area contributed by atoms with Gasteiger partial charge in [0.1, 0.15) is 0 Å². The predicted octanol–water partition coefficient (Wildman–Crippen LogP) is 2.47. The lowest BCUT2D eigenvalue weighted by Crippen LogP contribution is -2.29. The van der Waals surface area contributed by atoms with Gasteiger partial charge in [-0.25, -0.2) is 0 Å². The van der Waals surface area contributed by atoms with E-state index in [-0.39, 0.29) is 0 Å². The fraction of sp³-hybridized carbons (Fsp3) is 0.611. The zero-order chi connectivity index (χ0) is 14.5. The van der Waals surface area contributed by atoms with Gasteiger partial charge in [-0.15, -0.1) is 0 Å². The number of nitrogens with zero attached hydrogens (tertiary/aromatic N) is 1. The minimum absolute atomic E-state index is 0.373. The number of nitrogens with one attached hydrogen (secondary N) is 1. The van der Waals surface area contributed by atoms with Gasteiger partial charge in [0.05, 0.1) is 0 Å². The van der Waals surface area contributed by atoms with Gasteiger partial charge in [-0.1, -0.05) is 30.3 Å². The summed E-state index contributed by atoms with van der Waals surface area (Å²) in [6.07, 6.45) is 5.31. The van der Waals surface area contributed by atoms with Gasteiger partial charge in [0.2, 0.25) is 5.91 Å². The predicted molar refractivity (Wildman–Crippen MR) is 85.0 cm³/mol. The molecule has 3 rings (SSSR count). The summed E-state index contributed by atoms with van der Waals surface area (Å²) in [6, 6.07) is 10.6. The van der Waals surface area contributed by atoms with E-state index < -0.39 is 0 Å². The van der Waals surface area contributed by atoms with Gasteiger partial charge in [-0.2, -0.15) is 0 Å². The third-order valence-electron chi connectivity index (χ3n) is 4.93. The lowest BCUT2D eigenvalue weighted by molar-refractivity contribution is -0.130. The SMILES string of the molecule is O=C(CCC1CCNC1)N1CCC(Cc2ccccc2)C1. The first-order chi connectivity index (χ1) is 10.3. The van der Waals surface area contributed by atoms with E-state index in [4.69, 9.17) is 0 Å². The van der Waals surface area contributed by atoms with E-state index in [1.165, 1.54) is 12.0 Å². The van der Waals surface area contributed by atoms with E-state index in [9.17, 15) is 4.79 Å². The smallest absolute Gasteiger partial charge is 0.222 e. The van der Waals surface area contributed by atoms with Gasteiger partial charge in [0.25, 0.3) is 0 Å². The minimum Gasteiger partial charge on any atom is -0.342 e. The van der Waals surface area contributed by atoms with E-state index in [1.807, 2.05) is 0 Å². The minimum atomic E-state index is 0.373. The number of likely N-dealkylation sites (tertiary alicyclic amines) is 1. The molecule has 2 atom stereocenters. The zero-order valence-electron chi connectivity index (χ0n) is 12.8. The summed E-state index contributed by atoms with van der Waals surface area (Å²) >= 11 is 0. The first-order valence-corrected chi connectivity index (χ1v) is 8.33. The Bertz CT molecular complexity index is 454. The molecule has 1 aromatic rings. The van der Waals surface area contributed by atoms with Crippen LogP contribution in [0, 0.1) is 11.8 Å². The highest BCUT2D eigenvalue weighted by Gasteiger charge is 2.26. The quantitative estimate of drug-likeness (QED) is 0.902. The third kappa shape index (κ3) is 4.07. The van der Waals surface area contributed by atoms with Crippen molar-refractivity contribution in [2.45, 2.75) is 32.1 Å². The van der Waals surface area contributed by atoms with Crippen LogP contribution in [0.3, 0.4) is 0 Å². The van der Waals surface area contributed by atoms with Crippen molar-refractivity contribution < 1.29 is 4.79 Å². The number of carbonyl (C=O) groups excluding carboxylic acids is 1. The van der Waals surface area contributed by atoms with Crippen molar-refractivity contribution in [2.24, 2.45) is 11.8 Å². The summed E-state index contributed by atoms with van der Waals surface area (Å²) < 4.78 is 0. The molecule has 0 bridgehead atoms. The van der Waals surface area contributed by atoms with Crippen LogP contribution in [0.4, 0.5) is 0 Å². The monoisotopic (exact) mass is 286 g/mol. The summed E-state index contributed by atoms with van der Waals surface area (Å²) in [6.45, 7) is 4.14. The van der Waals surface area contributed by atoms with Crippen molar-refractivity contribution >= 4 is 5.91 Å². The molecule has 3 nitrogen and oxygen atoms in total. The largest absolute Gasteiger partial charge is 0.342 e. The number of hydrogen-bond donors (Lipinski definition) is 1. The van der Waals surface area contributed by atoms with Crippen LogP contribution in [-0.4, -0.2) is 37.0 Å². The van der Waals surface area contributed by atoms with Crippen molar-refractivity contribution in [1.82, 2.24) is 10.2 Å². The molecule has 2 fully saturated rings. The molecule has 114 valence electrons. The highest BCUT2D eigenvalue weighted by atomic mass is 16.2. The summed E-state index contributed by atoms with van der Waals surface area (Å²) in [5.41, 5.74) is 1.40. The Hall–Kier alpha value is -1.35. The van der Waals surface area contributed by atoms with E-state index in [0.29, 0.717) is 11.8 Å². The second-order valence-electron chi connectivity index (χ2n) is 6.58. The molecule has 1 N–H and O–H groups in total. The van der Waals surface area contributed by atoms with Gasteiger partial charge in [0, 0.05) is 19.5 Å². The molecular formula is C18H26N2O. The van der Waals surface area contributed by atoms with E-state index in [0.717, 1.165) is 57.8 Å². The summed E-state index contributed by atoms with van der Waals surface area (Å²) in [5.74, 6) is 1.73. The number of carbonyl (C=O) groups is 1. The molecule has 2 unspecified atom stereocenters. The molecule has 2 saturated heterocycles. The fourth-order valence-corrected chi connectivity index (χ4v) is 3.62. The summed E-state index contributed by atoms with van der Waals surface area (Å²) in [7, 11) is 0. The molecule has 0 spiro atoms. The van der Waals surface area contributed by atoms with E-state index >= 15 is 0 Å². The topological polar surface area (TPSA) is 32.3 Å². The van der Waals surface area contributed by atoms with Gasteiger partial charge in [-0.3, -0.25) is 4.79 Å². The number of benzene rings is 1. The Morgan fingerprint density at radius 1 is 1.19 bits per heavy atom. The van der Waals surface area contributed by atoms with Gasteiger partial charge < -0.3 is 10.2 Å². The zero-order valence-corrected chi connectivity index (χ0v) is 12.8. The molecule has 0 aliphatic carbocycles. The van der Waals surface area contributed by atoms with Gasteiger partial charge >= 0.3 is 0 Å². The van der Waals surface area contributed by atoms with Crippen molar-refractivity contribution in [3.63, 3.8) is 0 Å². The molecule has 0 aromatic heterocycles. The third-order valence-corrected chi connectivity index (χ3v) is 4.93. The lowest BCUT2D eigenvalue weighted by atomic mass is 9.99. The molecule has 3 heteroatoms. The number of rotatable bonds is 5. The second-order valence-corrected chi connectivity index (χ2v) is 6.58. The lowest BCUT2D eigenvalue weighted by Gasteiger charge is -2.17. The van der Waals surface area contributed by atoms with Crippen LogP contribution in [0.5, 0.6) is 0 Å². The summed E-state index contributed by atoms with van der Waals surface area (Å²) in [4.78, 5) is 14.4. The summed E-state index contributed by atoms with van der Waals surface area (Å²) in [5, 5.41) is 3.38. The van der Waals surface area contributed by atoms with E-state index in [2.05, 4.69) is 40.5 Å². The Labute approximate surface area is 127 Å². The van der Waals surface area contributed by atoms with Crippen LogP contribution >= 0.6 is 0 Å². The van der Waals surface area contributed by atoms with Gasteiger partial charge in [0.15, 0.2) is 0 Å². The molecular weight excluding hydrogens is 260 g/mol. The molecule has 1 aromatic carbocycles. The van der Waals surface area contributed by atoms with Crippen LogP contribution < -0.4 is 5.32 Å². The second kappa shape index (κ2) is 7.08. The van der Waals surface area contributed by atoms with Crippen molar-refractivity contribution in [3.8, 4) is 0 Å². The maximum Gasteiger partial charge on any atom is 0.222 e. The first kappa shape index (κ1) is 14.6. The fourth-order valence-electron chi connectivity index (χ4n) is 3.62. The molecule has 0 radical (unpaired) electrons. The molecule has 1 amide bonds. The highest BCUT2D eigenvalue weighted by Crippen LogP contribution is 2.23. The van der Waals surface area contributed by atoms with Crippen LogP contribution in [0.15, 0.2) is 30.3 Å². The Balaban J connectivity index is 1.42. The number of hydrogen-bond acceptors (Lipinski definition) is 2. The maximum atomic E-state index is 12.3. The van der Waals surface area contributed by atoms with Crippen LogP contribution in [-0.2, 0) is 11.2 Å². The van der Waals surface area contributed by atoms with Crippen LogP contribution in [0.1, 0.15) is 31.2 Å². The molecule has 2 aliphatic heterocycles. The van der Waals surface area contributed by atoms with E-state index in [1.54, 1.807) is 0 Å². The standard InChI is InChI=1S/C18H26N2O/c21-18(7-6-16-8-10-19-13-16)20-11-9-17(14-20)12-15-4-2-1-3-5-15/h1-5,16-17,19H,6-14H2. The maximum absolute atomic E-state index is 12.3. The first-order valence-electron chi connectivity index (χ1n) is 8.33.